The minimum Gasteiger partial charge on any atom is -0.354 e. The van der Waals surface area contributed by atoms with Crippen molar-refractivity contribution in [3.8, 4) is 0 Å². The molecular weight excluding hydrogens is 1750 g/mol. The van der Waals surface area contributed by atoms with Crippen LogP contribution < -0.4 is 29.4 Å². The van der Waals surface area contributed by atoms with Crippen LogP contribution >= 0.6 is 0 Å². The Balaban J connectivity index is 0.000000182. The summed E-state index contributed by atoms with van der Waals surface area (Å²) < 4.78 is 403. The monoisotopic (exact) mass is 1920 g/mol. The molecular formula is C96H120N36O6. The van der Waals surface area contributed by atoms with Gasteiger partial charge in [-0.3, -0.25) is 28.8 Å². The highest BCUT2D eigenvalue weighted by molar-refractivity contribution is 5.93. The lowest BCUT2D eigenvalue weighted by Gasteiger charge is -2.41. The predicted octanol–water partition coefficient (Wildman–Crippen LogP) is 9.30. The van der Waals surface area contributed by atoms with Crippen molar-refractivity contribution >= 4 is 137 Å². The summed E-state index contributed by atoms with van der Waals surface area (Å²) in [4.78, 5) is 165. The van der Waals surface area contributed by atoms with Gasteiger partial charge in [0.25, 0.3) is 39.2 Å². The van der Waals surface area contributed by atoms with Crippen LogP contribution in [-0.2, 0) is 28.8 Å². The highest BCUT2D eigenvalue weighted by Crippen LogP contribution is 2.37. The molecule has 12 aromatic rings. The number of carbonyl (C=O) groups is 6. The van der Waals surface area contributed by atoms with Crippen molar-refractivity contribution in [3.63, 3.8) is 0 Å². The third-order valence-electron chi connectivity index (χ3n) is 22.0. The first kappa shape index (κ1) is 53.5. The summed E-state index contributed by atoms with van der Waals surface area (Å²) in [6.07, 6.45) is 4.55. The minimum atomic E-state index is -3.50. The van der Waals surface area contributed by atoms with Crippen molar-refractivity contribution in [2.45, 2.75) is 116 Å². The molecule has 6 amide bonds. The van der Waals surface area contributed by atoms with Crippen molar-refractivity contribution in [2.75, 3.05) is 189 Å². The SMILES string of the molecule is [2H]c1nc(N(C([2H])([2H])[2H])[C@@]2([2H])C([2H])([2H])N(C(=O)C[N+]#[C-])CC[C@@]2([2H])C([2H])([2H])[2H])c2cc[nH]c2n1.[2H]c1nc(N(C([2H])([2H])[2H])[C@@]2([2H])C([2H])([2H])N(C(=O)C[N+]#[C-])CC[C@@]2([2H])C)c2cc[nH]c2n1.[2H]c1nc(N(C)[C@@H]2[C@H](C([2H])([2H])[2H])CCN(C(=O)C([2H])([2H])[N+]#[C-])C2([2H])[2H])c2cc[nH]c2n1.[2H]c1nc(N(C)[C@@H]2[C@H](C)CCN(C(=O)C([2H])([2H])[N+]#[C-])C2([2H])[2H])c2cc[nH]c2n1.[2H]c1nc(N(C)[C@@]2([2H])C([2H])([2H])N(C(=O)C[N+]#[C-])CC[C@@]2([2H])C([2H])([2H])[2H])c2cc[nH]c2n1.[2H]c1nc(N([C@@H]2[C@H](C([2H])([2H])[2H])CCN(C(=O)C[N+]#[C-])C2([2H])[2H])C([2H])([2H])[2H])c2cc[nH]c2n1. The number of nitrogens with zero attached hydrogens (tertiary/aromatic N) is 30. The molecule has 12 atom stereocenters. The highest BCUT2D eigenvalue weighted by atomic mass is 16.2. The van der Waals surface area contributed by atoms with Crippen LogP contribution in [0.15, 0.2) is 111 Å². The van der Waals surface area contributed by atoms with Gasteiger partial charge >= 0.3 is 35.4 Å². The van der Waals surface area contributed by atoms with E-state index >= 15 is 0 Å². The molecule has 0 radical (unpaired) electrons. The standard InChI is InChI=1S/6C16H20N6O/c6*1-11-5-7-22(14(23)8-17-2)9-13(11)21(3)16-12-4-6-18-15(12)19-10-20-16/h6*4,6,10-11,13H,5,7-9H2,1,3H3,(H,18,19,20)/t6*11-,13+/m111111/s1/i1D3,3D3,9D2,10D,11D,13D;3D3,9D2,10D,11D,13D;1D3,9D2,10D,11D,13D;1D3,8D2,9D2,10D;1D3,3D3,9D2,10D;8D2,9D2,10D. The third kappa shape index (κ3) is 23.1. The van der Waals surface area contributed by atoms with Gasteiger partial charge in [-0.05, 0) is 110 Å². The third-order valence-corrected chi connectivity index (χ3v) is 22.0. The second-order valence-electron chi connectivity index (χ2n) is 30.6. The zero-order valence-electron chi connectivity index (χ0n) is 123. The highest BCUT2D eigenvalue weighted by Gasteiger charge is 2.41. The Bertz CT molecular complexity index is 8890. The van der Waals surface area contributed by atoms with Crippen molar-refractivity contribution in [1.29, 1.82) is 0 Å². The molecule has 138 heavy (non-hydrogen) atoms. The molecule has 42 heteroatoms. The molecule has 0 aromatic carbocycles. The number of likely N-dealkylation sites (N-methyl/N-ethyl adjacent to an activating group) is 6. The number of fused-ring (bicyclic) bond motifs is 6. The largest absolute Gasteiger partial charge is 0.354 e. The first-order chi connectivity index (χ1) is 85.7. The number of likely N-dealkylation sites (tertiary alicyclic amines) is 6. The normalized spacial score (nSPS) is 32.6. The average Bonchev–Trinajstić information content (AvgIpc) is 1.31. The van der Waals surface area contributed by atoms with Crippen LogP contribution in [0.3, 0.4) is 0 Å². The zero-order chi connectivity index (χ0) is 141. The van der Waals surface area contributed by atoms with Gasteiger partial charge in [0.05, 0.1) is 89.1 Å². The fourth-order valence-corrected chi connectivity index (χ4v) is 14.8. The molecule has 18 rings (SSSR count). The van der Waals surface area contributed by atoms with Crippen molar-refractivity contribution in [2.24, 2.45) is 35.4 Å². The van der Waals surface area contributed by atoms with Crippen molar-refractivity contribution in [3.05, 3.63) is 180 Å². The van der Waals surface area contributed by atoms with Gasteiger partial charge < -0.3 is 118 Å². The quantitative estimate of drug-likeness (QED) is 0.0435. The van der Waals surface area contributed by atoms with Crippen LogP contribution in [0.5, 0.6) is 0 Å². The lowest BCUT2D eigenvalue weighted by molar-refractivity contribution is -0.131. The van der Waals surface area contributed by atoms with E-state index in [1.165, 1.54) is 75.0 Å². The van der Waals surface area contributed by atoms with Gasteiger partial charge in [0.1, 0.15) is 120 Å². The maximum Gasteiger partial charge on any atom is 0.302 e. The summed E-state index contributed by atoms with van der Waals surface area (Å²) in [6, 6.07) is -4.46. The van der Waals surface area contributed by atoms with E-state index in [1.54, 1.807) is 36.5 Å². The van der Waals surface area contributed by atoms with Crippen LogP contribution in [0.25, 0.3) is 95.3 Å². The molecule has 0 bridgehead atoms. The van der Waals surface area contributed by atoms with Gasteiger partial charge in [-0.1, -0.05) is 41.3 Å². The fourth-order valence-electron chi connectivity index (χ4n) is 14.8. The number of aromatic amines is 6. The Morgan fingerprint density at radius 2 is 0.587 bits per heavy atom. The molecule has 6 aliphatic rings. The van der Waals surface area contributed by atoms with Gasteiger partial charge in [0.2, 0.25) is 0 Å². The van der Waals surface area contributed by atoms with Crippen LogP contribution in [-0.4, -0.2) is 350 Å². The van der Waals surface area contributed by atoms with Crippen LogP contribution in [0.2, 0.25) is 0 Å². The first-order valence-electron chi connectivity index (χ1n) is 66.2. The maximum atomic E-state index is 12.6. The van der Waals surface area contributed by atoms with Gasteiger partial charge in [0.15, 0.2) is 0 Å². The Kier molecular flexibility index (Phi) is 18.0. The molecule has 6 aliphatic heterocycles. The van der Waals surface area contributed by atoms with Crippen LogP contribution in [0.1, 0.15) is 147 Å². The molecule has 6 saturated heterocycles. The van der Waals surface area contributed by atoms with E-state index in [0.29, 0.717) is 74.0 Å². The molecule has 0 aliphatic carbocycles. The number of piperidine rings is 6. The summed E-state index contributed by atoms with van der Waals surface area (Å²) >= 11 is 0. The van der Waals surface area contributed by atoms with Crippen molar-refractivity contribution in [1.82, 2.24) is 119 Å². The zero-order valence-corrected chi connectivity index (χ0v) is 74.1. The molecule has 18 heterocycles. The molecule has 0 saturated carbocycles. The van der Waals surface area contributed by atoms with E-state index in [9.17, 15) is 30.1 Å². The predicted molar refractivity (Wildman–Crippen MR) is 527 cm³/mol. The van der Waals surface area contributed by atoms with E-state index in [-0.39, 0.29) is 125 Å². The van der Waals surface area contributed by atoms with E-state index in [0.717, 1.165) is 9.80 Å². The number of rotatable bonds is 18. The topological polar surface area (TPSA) is 417 Å². The minimum absolute atomic E-state index is 0.0133. The van der Waals surface area contributed by atoms with Gasteiger partial charge in [-0.15, -0.1) is 0 Å². The fraction of sp³-hybridized carbons (Fsp3) is 0.500. The smallest absolute Gasteiger partial charge is 0.302 e. The second kappa shape index (κ2) is 46.5. The van der Waals surface area contributed by atoms with Gasteiger partial charge in [-0.25, -0.2) is 99.2 Å². The summed E-state index contributed by atoms with van der Waals surface area (Å²) in [5, 5.41) is 1.54. The maximum absolute atomic E-state index is 12.6. The summed E-state index contributed by atoms with van der Waals surface area (Å²) in [5.41, 5.74) is 1.17. The molecule has 0 unspecified atom stereocenters. The molecule has 12 aromatic heterocycles. The molecule has 42 nitrogen and oxygen atoms in total. The number of H-pyrrole nitrogens is 6. The lowest BCUT2D eigenvalue weighted by atomic mass is 9.92. The summed E-state index contributed by atoms with van der Waals surface area (Å²) in [6.45, 7) is -4.68. The van der Waals surface area contributed by atoms with Gasteiger partial charge in [-0.2, -0.15) is 0 Å². The Morgan fingerprint density at radius 3 is 0.884 bits per heavy atom. The van der Waals surface area contributed by atoms with E-state index < -0.39 is 290 Å². The number of anilines is 6. The number of amides is 6. The molecule has 6 N–H and O–H groups in total. The van der Waals surface area contributed by atoms with Crippen LogP contribution in [0.4, 0.5) is 34.9 Å². The van der Waals surface area contributed by atoms with E-state index in [1.807, 2.05) is 6.92 Å². The first-order valence-corrected chi connectivity index (χ1v) is 41.7. The van der Waals surface area contributed by atoms with E-state index in [2.05, 4.69) is 119 Å². The van der Waals surface area contributed by atoms with Gasteiger partial charge in [0, 0.05) is 190 Å². The molecule has 6 fully saturated rings. The Hall–Kier alpha value is -15.7. The molecule has 720 valence electrons. The second-order valence-corrected chi connectivity index (χ2v) is 30.6. The van der Waals surface area contributed by atoms with Crippen molar-refractivity contribution < 1.29 is 95.9 Å². The number of hydrogen-bond donors (Lipinski definition) is 6. The number of nitrogens with one attached hydrogen (secondary N) is 6. The Morgan fingerprint density at radius 1 is 0.341 bits per heavy atom. The van der Waals surface area contributed by atoms with E-state index in [4.69, 9.17) is 105 Å². The number of carbonyl (C=O) groups excluding carboxylic acids is 6. The Labute approximate surface area is 870 Å². The summed E-state index contributed by atoms with van der Waals surface area (Å²) in [7, 11) is 4.24. The molecule has 0 spiro atoms. The number of aromatic nitrogens is 18. The summed E-state index contributed by atoms with van der Waals surface area (Å²) in [5.74, 6) is -18.1. The average molecular weight is 1920 g/mol. The lowest BCUT2D eigenvalue weighted by Crippen LogP contribution is -2.53. The van der Waals surface area contributed by atoms with Crippen LogP contribution in [0, 0.1) is 74.9 Å². The number of hydrogen-bond acceptors (Lipinski definition) is 24.